The van der Waals surface area contributed by atoms with Gasteiger partial charge in [-0.2, -0.15) is 18.3 Å². The van der Waals surface area contributed by atoms with E-state index in [0.717, 1.165) is 6.26 Å². The Morgan fingerprint density at radius 3 is 2.74 bits per heavy atom. The van der Waals surface area contributed by atoms with Crippen molar-refractivity contribution in [3.05, 3.63) is 53.3 Å². The first-order valence-electron chi connectivity index (χ1n) is 11.3. The average Bonchev–Trinajstić information content (AvgIpc) is 3.56. The number of para-hydroxylation sites is 1. The predicted octanol–water partition coefficient (Wildman–Crippen LogP) is 5.39. The molecule has 3 aromatic heterocycles. The van der Waals surface area contributed by atoms with E-state index in [1.165, 1.54) is 6.07 Å². The maximum Gasteiger partial charge on any atom is 0.435 e. The van der Waals surface area contributed by atoms with Crippen molar-refractivity contribution >= 4 is 33.4 Å². The number of hydrogen-bond donors (Lipinski definition) is 1. The Balaban J connectivity index is 1.46. The summed E-state index contributed by atoms with van der Waals surface area (Å²) in [6.07, 6.45) is -2.98. The Morgan fingerprint density at radius 1 is 1.20 bits per heavy atom. The molecule has 0 aliphatic carbocycles. The highest BCUT2D eigenvalue weighted by Crippen LogP contribution is 2.43. The standard InChI is InChI=1S/C24H21F4N5O2/c1-11(15-4-3-5-16-18(25)10-35-21(15)16)29-23-17-7-19(33-8-14-6-13(33)9-34-14)22(24(26,27)28)30-20(17)12(2)31-32-23/h3-5,7,10-11,13-14H,6,8-9H2,1-2H3,(H,29,32)/t11-,13?,14?/m1/s1. The van der Waals surface area contributed by atoms with Crippen molar-refractivity contribution in [2.45, 2.75) is 44.6 Å². The van der Waals surface area contributed by atoms with E-state index in [4.69, 9.17) is 9.15 Å². The number of furan rings is 1. The molecule has 7 nitrogen and oxygen atoms in total. The first-order chi connectivity index (χ1) is 16.7. The van der Waals surface area contributed by atoms with Crippen LogP contribution in [0.3, 0.4) is 0 Å². The van der Waals surface area contributed by atoms with Gasteiger partial charge in [0.1, 0.15) is 11.8 Å². The van der Waals surface area contributed by atoms with Crippen LogP contribution < -0.4 is 10.2 Å². The van der Waals surface area contributed by atoms with Gasteiger partial charge in [-0.25, -0.2) is 9.37 Å². The number of morpholine rings is 1. The maximum absolute atomic E-state index is 14.1. The fraction of sp³-hybridized carbons (Fsp3) is 0.375. The van der Waals surface area contributed by atoms with E-state index in [1.807, 2.05) is 6.92 Å². The number of ether oxygens (including phenoxy) is 1. The van der Waals surface area contributed by atoms with E-state index in [0.29, 0.717) is 41.5 Å². The number of anilines is 2. The second kappa shape index (κ2) is 7.77. The van der Waals surface area contributed by atoms with Crippen LogP contribution >= 0.6 is 0 Å². The third kappa shape index (κ3) is 3.56. The van der Waals surface area contributed by atoms with E-state index >= 15 is 0 Å². The van der Waals surface area contributed by atoms with Crippen LogP contribution in [0.2, 0.25) is 0 Å². The minimum atomic E-state index is -4.64. The van der Waals surface area contributed by atoms with Crippen LogP contribution in [0.5, 0.6) is 0 Å². The van der Waals surface area contributed by atoms with Gasteiger partial charge in [-0.1, -0.05) is 12.1 Å². The van der Waals surface area contributed by atoms with Crippen molar-refractivity contribution in [2.24, 2.45) is 0 Å². The smallest absolute Gasteiger partial charge is 0.435 e. The van der Waals surface area contributed by atoms with Crippen LogP contribution in [0.1, 0.15) is 36.3 Å². The Hall–Kier alpha value is -3.47. The molecule has 35 heavy (non-hydrogen) atoms. The summed E-state index contributed by atoms with van der Waals surface area (Å²) in [4.78, 5) is 5.78. The molecule has 2 aliphatic rings. The Bertz CT molecular complexity index is 1450. The molecule has 1 N–H and O–H groups in total. The second-order valence-corrected chi connectivity index (χ2v) is 9.05. The van der Waals surface area contributed by atoms with Gasteiger partial charge in [0.25, 0.3) is 0 Å². The molecular formula is C24H21F4N5O2. The predicted molar refractivity (Wildman–Crippen MR) is 121 cm³/mol. The second-order valence-electron chi connectivity index (χ2n) is 9.05. The van der Waals surface area contributed by atoms with Crippen molar-refractivity contribution in [1.29, 1.82) is 0 Å². The summed E-state index contributed by atoms with van der Waals surface area (Å²) in [5, 5.41) is 12.3. The number of pyridine rings is 1. The first-order valence-corrected chi connectivity index (χ1v) is 11.3. The van der Waals surface area contributed by atoms with Gasteiger partial charge in [0.2, 0.25) is 0 Å². The molecule has 3 atom stereocenters. The number of aromatic nitrogens is 3. The van der Waals surface area contributed by atoms with Crippen LogP contribution in [0.15, 0.2) is 34.9 Å². The zero-order valence-electron chi connectivity index (χ0n) is 18.9. The number of rotatable bonds is 4. The maximum atomic E-state index is 14.1. The van der Waals surface area contributed by atoms with Crippen LogP contribution in [0.4, 0.5) is 29.1 Å². The van der Waals surface area contributed by atoms with Crippen molar-refractivity contribution in [3.8, 4) is 0 Å². The van der Waals surface area contributed by atoms with Crippen LogP contribution in [0, 0.1) is 12.7 Å². The molecule has 4 aromatic rings. The van der Waals surface area contributed by atoms with Gasteiger partial charge in [0.15, 0.2) is 17.3 Å². The van der Waals surface area contributed by atoms with E-state index in [1.54, 1.807) is 30.0 Å². The van der Waals surface area contributed by atoms with Crippen molar-refractivity contribution in [2.75, 3.05) is 23.4 Å². The summed E-state index contributed by atoms with van der Waals surface area (Å²) in [7, 11) is 0. The molecule has 0 amide bonds. The molecule has 0 spiro atoms. The third-order valence-corrected chi connectivity index (χ3v) is 6.78. The highest BCUT2D eigenvalue weighted by Gasteiger charge is 2.44. The van der Waals surface area contributed by atoms with Crippen LogP contribution in [-0.2, 0) is 10.9 Å². The number of nitrogens with one attached hydrogen (secondary N) is 1. The van der Waals surface area contributed by atoms with Crippen molar-refractivity contribution in [3.63, 3.8) is 0 Å². The summed E-state index contributed by atoms with van der Waals surface area (Å²) in [5.41, 5.74) is 0.546. The Kier molecular flexibility index (Phi) is 4.89. The molecule has 6 rings (SSSR count). The lowest BCUT2D eigenvalue weighted by Crippen LogP contribution is -2.38. The normalized spacial score (nSPS) is 20.8. The highest BCUT2D eigenvalue weighted by molar-refractivity contribution is 5.93. The largest absolute Gasteiger partial charge is 0.461 e. The van der Waals surface area contributed by atoms with E-state index in [9.17, 15) is 17.6 Å². The lowest BCUT2D eigenvalue weighted by atomic mass is 10.1. The van der Waals surface area contributed by atoms with Gasteiger partial charge in [-0.05, 0) is 32.4 Å². The summed E-state index contributed by atoms with van der Waals surface area (Å²) in [5.74, 6) is -0.183. The molecule has 1 aromatic carbocycles. The number of halogens is 4. The molecule has 2 unspecified atom stereocenters. The molecule has 182 valence electrons. The van der Waals surface area contributed by atoms with Gasteiger partial charge in [-0.3, -0.25) is 0 Å². The molecular weight excluding hydrogens is 466 g/mol. The molecule has 2 aliphatic heterocycles. The number of nitrogens with zero attached hydrogens (tertiary/aromatic N) is 4. The lowest BCUT2D eigenvalue weighted by molar-refractivity contribution is -0.140. The van der Waals surface area contributed by atoms with Gasteiger partial charge < -0.3 is 19.4 Å². The SMILES string of the molecule is Cc1nnc(N[C@H](C)c2cccc3c(F)coc23)c2cc(N3CC4CC3CO4)c(C(F)(F)F)nc12. The number of hydrogen-bond acceptors (Lipinski definition) is 7. The van der Waals surface area contributed by atoms with E-state index < -0.39 is 23.7 Å². The molecule has 2 fully saturated rings. The third-order valence-electron chi connectivity index (χ3n) is 6.78. The van der Waals surface area contributed by atoms with Crippen LogP contribution in [-0.4, -0.2) is 40.5 Å². The zero-order valence-corrected chi connectivity index (χ0v) is 18.9. The topological polar surface area (TPSA) is 76.3 Å². The number of alkyl halides is 3. The average molecular weight is 487 g/mol. The molecule has 5 heterocycles. The fourth-order valence-corrected chi connectivity index (χ4v) is 5.09. The van der Waals surface area contributed by atoms with E-state index in [-0.39, 0.29) is 34.9 Å². The minimum absolute atomic E-state index is 0.0131. The Morgan fingerprint density at radius 2 is 2.03 bits per heavy atom. The van der Waals surface area contributed by atoms with Crippen LogP contribution in [0.25, 0.3) is 21.9 Å². The Labute approximate surface area is 197 Å². The first kappa shape index (κ1) is 22.0. The molecule has 0 saturated carbocycles. The quantitative estimate of drug-likeness (QED) is 0.387. The number of benzene rings is 1. The molecule has 0 radical (unpaired) electrons. The minimum Gasteiger partial charge on any atom is -0.461 e. The summed E-state index contributed by atoms with van der Waals surface area (Å²) >= 11 is 0. The van der Waals surface area contributed by atoms with Crippen molar-refractivity contribution in [1.82, 2.24) is 15.2 Å². The van der Waals surface area contributed by atoms with Gasteiger partial charge >= 0.3 is 6.18 Å². The molecule has 2 bridgehead atoms. The highest BCUT2D eigenvalue weighted by atomic mass is 19.4. The summed E-state index contributed by atoms with van der Waals surface area (Å²) in [6, 6.07) is 6.08. The van der Waals surface area contributed by atoms with Crippen molar-refractivity contribution < 1.29 is 26.7 Å². The molecule has 2 saturated heterocycles. The van der Waals surface area contributed by atoms with Gasteiger partial charge in [-0.15, -0.1) is 5.10 Å². The summed E-state index contributed by atoms with van der Waals surface area (Å²) < 4.78 is 67.2. The van der Waals surface area contributed by atoms with Gasteiger partial charge in [0.05, 0.1) is 47.1 Å². The molecule has 11 heteroatoms. The monoisotopic (exact) mass is 487 g/mol. The van der Waals surface area contributed by atoms with E-state index in [2.05, 4.69) is 20.5 Å². The fourth-order valence-electron chi connectivity index (χ4n) is 5.09. The zero-order chi connectivity index (χ0) is 24.5. The summed E-state index contributed by atoms with van der Waals surface area (Å²) in [6.45, 7) is 4.17. The number of aryl methyl sites for hydroxylation is 1. The van der Waals surface area contributed by atoms with Gasteiger partial charge in [0, 0.05) is 17.5 Å². The lowest BCUT2D eigenvalue weighted by Gasteiger charge is -2.31. The number of fused-ring (bicyclic) bond motifs is 4.